The minimum absolute atomic E-state index is 0.00361. The molecule has 1 aliphatic rings. The van der Waals surface area contributed by atoms with Crippen LogP contribution in [0.25, 0.3) is 11.4 Å². The van der Waals surface area contributed by atoms with E-state index >= 15 is 0 Å². The highest BCUT2D eigenvalue weighted by molar-refractivity contribution is 7.98. The monoisotopic (exact) mass is 507 g/mol. The van der Waals surface area contributed by atoms with Crippen LogP contribution in [-0.2, 0) is 12.3 Å². The molecule has 0 spiro atoms. The molecule has 178 valence electrons. The molecule has 0 saturated heterocycles. The maximum Gasteiger partial charge on any atom is 0.231 e. The van der Waals surface area contributed by atoms with Crippen LogP contribution >= 0.6 is 23.4 Å². The summed E-state index contributed by atoms with van der Waals surface area (Å²) >= 11 is 7.85. The summed E-state index contributed by atoms with van der Waals surface area (Å²) in [7, 11) is 1.61. The van der Waals surface area contributed by atoms with E-state index in [0.29, 0.717) is 38.7 Å². The van der Waals surface area contributed by atoms with Crippen LogP contribution in [-0.4, -0.2) is 29.4 Å². The van der Waals surface area contributed by atoms with Gasteiger partial charge in [0.15, 0.2) is 11.5 Å². The Morgan fingerprint density at radius 3 is 2.51 bits per heavy atom. The van der Waals surface area contributed by atoms with E-state index in [0.717, 1.165) is 16.9 Å². The quantitative estimate of drug-likeness (QED) is 0.321. The molecule has 3 aromatic carbocycles. The minimum atomic E-state index is -1.31. The first kappa shape index (κ1) is 23.1. The molecule has 1 aromatic heterocycles. The van der Waals surface area contributed by atoms with Crippen LogP contribution < -0.4 is 19.3 Å². The van der Waals surface area contributed by atoms with E-state index in [-0.39, 0.29) is 19.0 Å². The molecule has 0 amide bonds. The predicted molar refractivity (Wildman–Crippen MR) is 131 cm³/mol. The molecule has 4 aromatic rings. The van der Waals surface area contributed by atoms with Crippen LogP contribution in [0.5, 0.6) is 17.2 Å². The van der Waals surface area contributed by atoms with Crippen molar-refractivity contribution in [3.63, 3.8) is 0 Å². The second kappa shape index (κ2) is 9.93. The average molecular weight is 508 g/mol. The number of halogens is 1. The normalized spacial score (nSPS) is 12.1. The fourth-order valence-electron chi connectivity index (χ4n) is 3.81. The van der Waals surface area contributed by atoms with E-state index in [2.05, 4.69) is 0 Å². The number of nitrogens with zero attached hydrogens (tertiary/aromatic N) is 2. The summed E-state index contributed by atoms with van der Waals surface area (Å²) < 4.78 is 17.7. The Morgan fingerprint density at radius 2 is 1.83 bits per heavy atom. The second-order valence-electron chi connectivity index (χ2n) is 7.76. The number of thioether (sulfide) groups is 1. The molecular weight excluding hydrogens is 488 g/mol. The molecule has 0 saturated carbocycles. The Kier molecular flexibility index (Phi) is 6.57. The summed E-state index contributed by atoms with van der Waals surface area (Å²) in [6, 6.07) is 20.5. The highest BCUT2D eigenvalue weighted by Crippen LogP contribution is 2.38. The number of hydrogen-bond donors (Lipinski definition) is 0. The maximum absolute atomic E-state index is 12.4. The molecule has 0 radical (unpaired) electrons. The summed E-state index contributed by atoms with van der Waals surface area (Å²) in [6.07, 6.45) is 0. The Morgan fingerprint density at radius 1 is 1.11 bits per heavy atom. The molecule has 5 rings (SSSR count). The smallest absolute Gasteiger partial charge is 0.231 e. The number of benzene rings is 3. The van der Waals surface area contributed by atoms with Crippen LogP contribution in [0, 0.1) is 0 Å². The lowest BCUT2D eigenvalue weighted by molar-refractivity contribution is -0.256. The predicted octanol–water partition coefficient (Wildman–Crippen LogP) is 4.64. The van der Waals surface area contributed by atoms with Crippen LogP contribution in [0.1, 0.15) is 21.6 Å². The van der Waals surface area contributed by atoms with Crippen LogP contribution in [0.15, 0.2) is 71.8 Å². The fraction of sp³-hybridized carbons (Fsp3) is 0.154. The Hall–Kier alpha value is -3.62. The summed E-state index contributed by atoms with van der Waals surface area (Å²) in [5.74, 6) is 1.61. The van der Waals surface area contributed by atoms with Gasteiger partial charge >= 0.3 is 0 Å². The van der Waals surface area contributed by atoms with Gasteiger partial charge in [0.05, 0.1) is 25.3 Å². The minimum Gasteiger partial charge on any atom is -0.543 e. The molecule has 35 heavy (non-hydrogen) atoms. The molecule has 2 heterocycles. The fourth-order valence-corrected chi connectivity index (χ4v) is 5.01. The molecule has 0 fully saturated rings. The van der Waals surface area contributed by atoms with Gasteiger partial charge in [-0.25, -0.2) is 4.98 Å². The van der Waals surface area contributed by atoms with E-state index < -0.39 is 5.97 Å². The summed E-state index contributed by atoms with van der Waals surface area (Å²) in [6.45, 7) is 0.283. The third-order valence-corrected chi connectivity index (χ3v) is 6.95. The first-order chi connectivity index (χ1) is 17.0. The lowest BCUT2D eigenvalue weighted by Crippen LogP contribution is -2.27. The molecule has 0 bridgehead atoms. The van der Waals surface area contributed by atoms with Crippen molar-refractivity contribution >= 4 is 29.3 Å². The number of aromatic carboxylic acids is 1. The summed E-state index contributed by atoms with van der Waals surface area (Å²) in [5, 5.41) is 13.2. The maximum atomic E-state index is 12.4. The Balaban J connectivity index is 1.55. The van der Waals surface area contributed by atoms with Gasteiger partial charge in [0, 0.05) is 22.4 Å². The standard InChI is InChI=1S/C26H21ClN2O5S/c1-32-19-9-7-16(8-10-19)14-35-25-23(26(30)31)29(24(28-25)17-5-3-2-4-6-17)13-18-11-21-22(12-20(18)27)34-15-33-21/h2-12H,13-15H2,1H3,(H,30,31)/p-1. The van der Waals surface area contributed by atoms with Gasteiger partial charge in [-0.2, -0.15) is 0 Å². The number of carbonyl (C=O) groups excluding carboxylic acids is 1. The second-order valence-corrected chi connectivity index (χ2v) is 9.13. The molecule has 1 aliphatic heterocycles. The van der Waals surface area contributed by atoms with Gasteiger partial charge < -0.3 is 28.7 Å². The van der Waals surface area contributed by atoms with E-state index in [1.807, 2.05) is 54.6 Å². The van der Waals surface area contributed by atoms with E-state index in [1.165, 1.54) is 11.8 Å². The lowest BCUT2D eigenvalue weighted by atomic mass is 10.1. The number of imidazole rings is 1. The van der Waals surface area contributed by atoms with Crippen molar-refractivity contribution in [2.24, 2.45) is 0 Å². The van der Waals surface area contributed by atoms with Crippen molar-refractivity contribution in [1.82, 2.24) is 9.55 Å². The topological polar surface area (TPSA) is 85.6 Å². The zero-order chi connectivity index (χ0) is 24.4. The highest BCUT2D eigenvalue weighted by Gasteiger charge is 2.23. The molecular formula is C26H20ClN2O5S-. The van der Waals surface area contributed by atoms with Gasteiger partial charge in [-0.15, -0.1) is 0 Å². The third-order valence-electron chi connectivity index (χ3n) is 5.57. The van der Waals surface area contributed by atoms with Crippen molar-refractivity contribution < 1.29 is 24.1 Å². The molecule has 0 aliphatic carbocycles. The summed E-state index contributed by atoms with van der Waals surface area (Å²) in [5.41, 5.74) is 2.47. The van der Waals surface area contributed by atoms with E-state index in [4.69, 9.17) is 30.8 Å². The number of ether oxygens (including phenoxy) is 3. The number of carboxylic acids is 1. The third kappa shape index (κ3) is 4.80. The summed E-state index contributed by atoms with van der Waals surface area (Å²) in [4.78, 5) is 17.1. The molecule has 0 atom stereocenters. The lowest BCUT2D eigenvalue weighted by Gasteiger charge is -2.15. The van der Waals surface area contributed by atoms with Crippen LogP contribution in [0.2, 0.25) is 5.02 Å². The van der Waals surface area contributed by atoms with Crippen molar-refractivity contribution in [2.45, 2.75) is 17.3 Å². The number of hydrogen-bond acceptors (Lipinski definition) is 7. The van der Waals surface area contributed by atoms with Crippen molar-refractivity contribution in [3.8, 4) is 28.6 Å². The molecule has 9 heteroatoms. The van der Waals surface area contributed by atoms with Gasteiger partial charge in [0.1, 0.15) is 16.6 Å². The van der Waals surface area contributed by atoms with Crippen LogP contribution in [0.3, 0.4) is 0 Å². The number of rotatable bonds is 8. The number of fused-ring (bicyclic) bond motifs is 1. The number of carboxylic acid groups (broad SMARTS) is 1. The van der Waals surface area contributed by atoms with E-state index in [1.54, 1.807) is 23.8 Å². The highest BCUT2D eigenvalue weighted by atomic mass is 35.5. The van der Waals surface area contributed by atoms with Crippen molar-refractivity contribution in [1.29, 1.82) is 0 Å². The first-order valence-corrected chi connectivity index (χ1v) is 12.1. The van der Waals surface area contributed by atoms with Crippen LogP contribution in [0.4, 0.5) is 0 Å². The van der Waals surface area contributed by atoms with Gasteiger partial charge in [-0.05, 0) is 29.3 Å². The zero-order valence-electron chi connectivity index (χ0n) is 18.7. The molecule has 7 nitrogen and oxygen atoms in total. The number of carbonyl (C=O) groups is 1. The largest absolute Gasteiger partial charge is 0.543 e. The van der Waals surface area contributed by atoms with Gasteiger partial charge in [0.25, 0.3) is 0 Å². The van der Waals surface area contributed by atoms with Gasteiger partial charge in [-0.1, -0.05) is 65.8 Å². The van der Waals surface area contributed by atoms with Gasteiger partial charge in [0.2, 0.25) is 6.79 Å². The average Bonchev–Trinajstić information content (AvgIpc) is 3.48. The zero-order valence-corrected chi connectivity index (χ0v) is 20.3. The van der Waals surface area contributed by atoms with E-state index in [9.17, 15) is 9.90 Å². The Bertz CT molecular complexity index is 1370. The first-order valence-electron chi connectivity index (χ1n) is 10.7. The number of methoxy groups -OCH3 is 1. The Labute approximate surface area is 211 Å². The van der Waals surface area contributed by atoms with Crippen molar-refractivity contribution in [3.05, 3.63) is 88.6 Å². The van der Waals surface area contributed by atoms with Gasteiger partial charge in [-0.3, -0.25) is 0 Å². The SMILES string of the molecule is COc1ccc(CSc2nc(-c3ccccc3)n(Cc3cc4c(cc3Cl)OCO4)c2C(=O)[O-])cc1. The number of aromatic nitrogens is 2. The van der Waals surface area contributed by atoms with Crippen molar-refractivity contribution in [2.75, 3.05) is 13.9 Å². The molecule has 0 unspecified atom stereocenters. The molecule has 0 N–H and O–H groups in total.